The van der Waals surface area contributed by atoms with Crippen molar-refractivity contribution in [1.29, 1.82) is 0 Å². The Bertz CT molecular complexity index is 68.7. The van der Waals surface area contributed by atoms with E-state index in [-0.39, 0.29) is 19.1 Å². The Morgan fingerprint density at radius 1 is 1.33 bits per heavy atom. The third kappa shape index (κ3) is 4.12. The molecule has 0 saturated carbocycles. The Labute approximate surface area is 54.3 Å². The van der Waals surface area contributed by atoms with E-state index in [0.29, 0.717) is 12.8 Å². The van der Waals surface area contributed by atoms with Crippen molar-refractivity contribution in [3.8, 4) is 0 Å². The maximum absolute atomic E-state index is 9.78. The van der Waals surface area contributed by atoms with Gasteiger partial charge in [0.1, 0.15) is 6.29 Å². The first-order valence-corrected chi connectivity index (χ1v) is 3.00. The number of carbonyl (C=O) groups is 1. The summed E-state index contributed by atoms with van der Waals surface area (Å²) in [5, 5.41) is 17.0. The maximum atomic E-state index is 9.78. The van der Waals surface area contributed by atoms with Crippen LogP contribution in [-0.2, 0) is 4.79 Å². The average Bonchev–Trinajstić information content (AvgIpc) is 1.91. The van der Waals surface area contributed by atoms with Crippen molar-refractivity contribution >= 4 is 6.29 Å². The summed E-state index contributed by atoms with van der Waals surface area (Å²) in [5.41, 5.74) is 0. The van der Waals surface area contributed by atoms with Crippen LogP contribution in [-0.4, -0.2) is 29.7 Å². The number of aldehydes is 1. The van der Waals surface area contributed by atoms with E-state index in [1.54, 1.807) is 0 Å². The molecule has 0 spiro atoms. The zero-order chi connectivity index (χ0) is 7.11. The van der Waals surface area contributed by atoms with Gasteiger partial charge in [0.15, 0.2) is 0 Å². The van der Waals surface area contributed by atoms with Crippen molar-refractivity contribution in [2.75, 3.05) is 13.2 Å². The molecule has 0 aromatic carbocycles. The van der Waals surface area contributed by atoms with Crippen molar-refractivity contribution in [3.63, 3.8) is 0 Å². The van der Waals surface area contributed by atoms with Crippen molar-refractivity contribution in [3.05, 3.63) is 0 Å². The molecule has 0 rings (SSSR count). The molecule has 0 atom stereocenters. The Balaban J connectivity index is 3.19. The van der Waals surface area contributed by atoms with Crippen LogP contribution in [0.5, 0.6) is 0 Å². The summed E-state index contributed by atoms with van der Waals surface area (Å²) in [4.78, 5) is 9.78. The highest BCUT2D eigenvalue weighted by molar-refractivity contribution is 5.49. The summed E-state index contributed by atoms with van der Waals surface area (Å²) in [6.45, 7) is -0.0747. The van der Waals surface area contributed by atoms with E-state index in [4.69, 9.17) is 10.2 Å². The Hall–Kier alpha value is -0.410. The highest BCUT2D eigenvalue weighted by Crippen LogP contribution is 2.01. The number of rotatable bonds is 5. The van der Waals surface area contributed by atoms with Gasteiger partial charge in [0, 0.05) is 25.6 Å². The van der Waals surface area contributed by atoms with E-state index in [9.17, 15) is 4.79 Å². The smallest absolute Gasteiger partial charge is 0.120 e. The molecule has 0 aliphatic heterocycles. The van der Waals surface area contributed by atoms with Gasteiger partial charge in [-0.05, 0) is 6.42 Å². The molecular weight excluding hydrogens is 120 g/mol. The number of hydrogen-bond acceptors (Lipinski definition) is 3. The molecule has 0 fully saturated rings. The normalized spacial score (nSPS) is 10.1. The number of aliphatic hydroxyl groups is 2. The summed E-state index contributed by atoms with van der Waals surface area (Å²) in [7, 11) is 0. The van der Waals surface area contributed by atoms with Gasteiger partial charge < -0.3 is 15.0 Å². The molecule has 0 bridgehead atoms. The highest BCUT2D eigenvalue weighted by atomic mass is 16.3. The van der Waals surface area contributed by atoms with E-state index < -0.39 is 0 Å². The van der Waals surface area contributed by atoms with Gasteiger partial charge in [-0.25, -0.2) is 0 Å². The second-order valence-electron chi connectivity index (χ2n) is 1.98. The SMILES string of the molecule is O=CCCC(CO)CO. The predicted octanol–water partition coefficient (Wildman–Crippen LogP) is -0.434. The summed E-state index contributed by atoms with van der Waals surface area (Å²) in [5.74, 6) is -0.116. The Kier molecular flexibility index (Phi) is 5.46. The Morgan fingerprint density at radius 2 is 1.89 bits per heavy atom. The Morgan fingerprint density at radius 3 is 2.22 bits per heavy atom. The minimum absolute atomic E-state index is 0.0374. The molecule has 3 heteroatoms. The second kappa shape index (κ2) is 5.72. The molecule has 0 radical (unpaired) electrons. The fraction of sp³-hybridized carbons (Fsp3) is 0.833. The average molecular weight is 132 g/mol. The van der Waals surface area contributed by atoms with Gasteiger partial charge in [0.2, 0.25) is 0 Å². The summed E-state index contributed by atoms with van der Waals surface area (Å²) < 4.78 is 0. The molecule has 0 aromatic rings. The van der Waals surface area contributed by atoms with Crippen LogP contribution in [0.25, 0.3) is 0 Å². The summed E-state index contributed by atoms with van der Waals surface area (Å²) >= 11 is 0. The lowest BCUT2D eigenvalue weighted by atomic mass is 10.1. The van der Waals surface area contributed by atoms with Crippen molar-refractivity contribution in [1.82, 2.24) is 0 Å². The zero-order valence-electron chi connectivity index (χ0n) is 5.29. The molecule has 0 unspecified atom stereocenters. The van der Waals surface area contributed by atoms with E-state index in [1.807, 2.05) is 0 Å². The lowest BCUT2D eigenvalue weighted by molar-refractivity contribution is -0.108. The lowest BCUT2D eigenvalue weighted by Gasteiger charge is -2.06. The van der Waals surface area contributed by atoms with E-state index >= 15 is 0 Å². The molecule has 0 saturated heterocycles. The summed E-state index contributed by atoms with van der Waals surface area (Å²) in [6.07, 6.45) is 1.79. The van der Waals surface area contributed by atoms with Crippen LogP contribution in [0.1, 0.15) is 12.8 Å². The fourth-order valence-corrected chi connectivity index (χ4v) is 0.544. The van der Waals surface area contributed by atoms with Gasteiger partial charge in [-0.15, -0.1) is 0 Å². The van der Waals surface area contributed by atoms with Gasteiger partial charge in [-0.2, -0.15) is 0 Å². The molecule has 0 aromatic heterocycles. The van der Waals surface area contributed by atoms with Crippen LogP contribution in [0.15, 0.2) is 0 Å². The first kappa shape index (κ1) is 8.59. The van der Waals surface area contributed by atoms with Crippen molar-refractivity contribution in [2.45, 2.75) is 12.8 Å². The number of carbonyl (C=O) groups excluding carboxylic acids is 1. The molecule has 0 aliphatic rings. The topological polar surface area (TPSA) is 57.5 Å². The van der Waals surface area contributed by atoms with Crippen LogP contribution in [0.4, 0.5) is 0 Å². The molecular formula is C6H12O3. The highest BCUT2D eigenvalue weighted by Gasteiger charge is 2.03. The predicted molar refractivity (Wildman–Crippen MR) is 33.0 cm³/mol. The van der Waals surface area contributed by atoms with E-state index in [2.05, 4.69) is 0 Å². The van der Waals surface area contributed by atoms with Gasteiger partial charge in [-0.3, -0.25) is 0 Å². The third-order valence-corrected chi connectivity index (χ3v) is 1.21. The minimum atomic E-state index is -0.116. The van der Waals surface area contributed by atoms with Crippen LogP contribution in [0, 0.1) is 5.92 Å². The van der Waals surface area contributed by atoms with Crippen LogP contribution in [0.2, 0.25) is 0 Å². The largest absolute Gasteiger partial charge is 0.396 e. The second-order valence-corrected chi connectivity index (χ2v) is 1.98. The third-order valence-electron chi connectivity index (χ3n) is 1.21. The maximum Gasteiger partial charge on any atom is 0.120 e. The molecule has 0 heterocycles. The first-order valence-electron chi connectivity index (χ1n) is 3.00. The summed E-state index contributed by atoms with van der Waals surface area (Å²) in [6, 6.07) is 0. The van der Waals surface area contributed by atoms with E-state index in [0.717, 1.165) is 6.29 Å². The monoisotopic (exact) mass is 132 g/mol. The molecule has 0 aliphatic carbocycles. The van der Waals surface area contributed by atoms with Crippen LogP contribution >= 0.6 is 0 Å². The number of aliphatic hydroxyl groups excluding tert-OH is 2. The standard InChI is InChI=1S/C6H12O3/c7-3-1-2-6(4-8)5-9/h3,6,8-9H,1-2,4-5H2. The number of hydrogen-bond donors (Lipinski definition) is 2. The first-order chi connectivity index (χ1) is 4.35. The molecule has 2 N–H and O–H groups in total. The van der Waals surface area contributed by atoms with Crippen molar-refractivity contribution < 1.29 is 15.0 Å². The fourth-order valence-electron chi connectivity index (χ4n) is 0.544. The minimum Gasteiger partial charge on any atom is -0.396 e. The molecule has 3 nitrogen and oxygen atoms in total. The zero-order valence-corrected chi connectivity index (χ0v) is 5.29. The van der Waals surface area contributed by atoms with Crippen LogP contribution in [0.3, 0.4) is 0 Å². The van der Waals surface area contributed by atoms with Gasteiger partial charge in [0.25, 0.3) is 0 Å². The van der Waals surface area contributed by atoms with Crippen molar-refractivity contribution in [2.24, 2.45) is 5.92 Å². The van der Waals surface area contributed by atoms with E-state index in [1.165, 1.54) is 0 Å². The van der Waals surface area contributed by atoms with Gasteiger partial charge in [-0.1, -0.05) is 0 Å². The van der Waals surface area contributed by atoms with Gasteiger partial charge in [0.05, 0.1) is 0 Å². The van der Waals surface area contributed by atoms with Crippen LogP contribution < -0.4 is 0 Å². The lowest BCUT2D eigenvalue weighted by Crippen LogP contribution is -2.10. The molecule has 0 amide bonds. The quantitative estimate of drug-likeness (QED) is 0.499. The molecule has 9 heavy (non-hydrogen) atoms. The van der Waals surface area contributed by atoms with Gasteiger partial charge >= 0.3 is 0 Å². The molecule has 54 valence electrons.